The Labute approximate surface area is 181 Å². The smallest absolute Gasteiger partial charge is 0.267 e. The van der Waals surface area contributed by atoms with Crippen LogP contribution in [0.3, 0.4) is 0 Å². The molecule has 0 radical (unpaired) electrons. The van der Waals surface area contributed by atoms with E-state index in [1.807, 2.05) is 0 Å². The van der Waals surface area contributed by atoms with Crippen molar-refractivity contribution in [1.29, 1.82) is 0 Å². The number of amides is 2. The highest BCUT2D eigenvalue weighted by Crippen LogP contribution is 2.35. The molecule has 1 saturated heterocycles. The molecule has 2 aromatic carbocycles. The van der Waals surface area contributed by atoms with Crippen molar-refractivity contribution in [2.24, 2.45) is 0 Å². The monoisotopic (exact) mass is 443 g/mol. The van der Waals surface area contributed by atoms with Gasteiger partial charge in [-0.05, 0) is 44.0 Å². The van der Waals surface area contributed by atoms with E-state index in [0.29, 0.717) is 35.8 Å². The van der Waals surface area contributed by atoms with E-state index in [2.05, 4.69) is 5.32 Å². The summed E-state index contributed by atoms with van der Waals surface area (Å²) in [6, 6.07) is 13.6. The first kappa shape index (κ1) is 21.2. The number of para-hydroxylation sites is 3. The molecular formula is C22H25N3O5S. The van der Waals surface area contributed by atoms with Gasteiger partial charge < -0.3 is 15.0 Å². The molecule has 0 spiro atoms. The van der Waals surface area contributed by atoms with Crippen LogP contribution in [-0.2, 0) is 14.8 Å². The van der Waals surface area contributed by atoms with E-state index < -0.39 is 22.0 Å². The number of benzene rings is 2. The molecule has 2 aliphatic rings. The average Bonchev–Trinajstić information content (AvgIpc) is 3.33. The van der Waals surface area contributed by atoms with Gasteiger partial charge >= 0.3 is 0 Å². The van der Waals surface area contributed by atoms with Crippen LogP contribution in [0.5, 0.6) is 5.75 Å². The summed E-state index contributed by atoms with van der Waals surface area (Å²) >= 11 is 0. The van der Waals surface area contributed by atoms with Crippen LogP contribution in [0.15, 0.2) is 48.5 Å². The van der Waals surface area contributed by atoms with Gasteiger partial charge in [-0.2, -0.15) is 0 Å². The normalized spacial score (nSPS) is 18.3. The van der Waals surface area contributed by atoms with Crippen molar-refractivity contribution in [1.82, 2.24) is 4.90 Å². The molecule has 1 fully saturated rings. The molecule has 31 heavy (non-hydrogen) atoms. The predicted octanol–water partition coefficient (Wildman–Crippen LogP) is 2.48. The lowest BCUT2D eigenvalue weighted by Gasteiger charge is -2.34. The number of sulfonamides is 1. The number of anilines is 2. The van der Waals surface area contributed by atoms with Crippen LogP contribution in [0.2, 0.25) is 0 Å². The Morgan fingerprint density at radius 1 is 1.06 bits per heavy atom. The van der Waals surface area contributed by atoms with E-state index in [4.69, 9.17) is 4.74 Å². The fraction of sp³-hybridized carbons (Fsp3) is 0.364. The number of fused-ring (bicyclic) bond motifs is 1. The van der Waals surface area contributed by atoms with Crippen LogP contribution < -0.4 is 14.4 Å². The first-order chi connectivity index (χ1) is 14.9. The number of ether oxygens (including phenoxy) is 1. The summed E-state index contributed by atoms with van der Waals surface area (Å²) in [4.78, 5) is 27.7. The van der Waals surface area contributed by atoms with E-state index >= 15 is 0 Å². The number of hydrogen-bond donors (Lipinski definition) is 1. The van der Waals surface area contributed by atoms with Gasteiger partial charge in [0.25, 0.3) is 11.8 Å². The summed E-state index contributed by atoms with van der Waals surface area (Å²) in [5.74, 6) is -0.402. The molecule has 8 nitrogen and oxygen atoms in total. The molecule has 2 heterocycles. The van der Waals surface area contributed by atoms with Gasteiger partial charge in [0.2, 0.25) is 10.0 Å². The Balaban J connectivity index is 1.58. The van der Waals surface area contributed by atoms with Crippen molar-refractivity contribution >= 4 is 33.2 Å². The Morgan fingerprint density at radius 3 is 2.48 bits per heavy atom. The maximum atomic E-state index is 13.1. The highest BCUT2D eigenvalue weighted by Gasteiger charge is 2.36. The minimum Gasteiger partial charge on any atom is -0.476 e. The largest absolute Gasteiger partial charge is 0.476 e. The minimum atomic E-state index is -3.59. The highest BCUT2D eigenvalue weighted by atomic mass is 32.2. The van der Waals surface area contributed by atoms with Crippen molar-refractivity contribution in [2.75, 3.05) is 35.0 Å². The number of hydrogen-bond acceptors (Lipinski definition) is 5. The summed E-state index contributed by atoms with van der Waals surface area (Å²) in [5, 5.41) is 2.77. The molecule has 2 amide bonds. The van der Waals surface area contributed by atoms with Crippen LogP contribution in [-0.4, -0.2) is 56.6 Å². The summed E-state index contributed by atoms with van der Waals surface area (Å²) in [7, 11) is -3.59. The summed E-state index contributed by atoms with van der Waals surface area (Å²) in [5.41, 5.74) is 1.21. The third-order valence-corrected chi connectivity index (χ3v) is 7.28. The Bertz CT molecular complexity index is 1100. The molecule has 4 rings (SSSR count). The molecule has 0 aliphatic carbocycles. The number of likely N-dealkylation sites (tertiary alicyclic amines) is 1. The first-order valence-electron chi connectivity index (χ1n) is 10.4. The minimum absolute atomic E-state index is 0.0944. The number of carbonyl (C=O) groups is 2. The van der Waals surface area contributed by atoms with Gasteiger partial charge in [-0.1, -0.05) is 24.3 Å². The zero-order valence-electron chi connectivity index (χ0n) is 17.3. The number of carbonyl (C=O) groups excluding carboxylic acids is 2. The third kappa shape index (κ3) is 4.23. The van der Waals surface area contributed by atoms with Crippen LogP contribution in [0.25, 0.3) is 0 Å². The fourth-order valence-corrected chi connectivity index (χ4v) is 4.97. The van der Waals surface area contributed by atoms with Crippen LogP contribution in [0, 0.1) is 0 Å². The van der Waals surface area contributed by atoms with Crippen LogP contribution in [0.4, 0.5) is 11.4 Å². The first-order valence-corrected chi connectivity index (χ1v) is 12.0. The fourth-order valence-electron chi connectivity index (χ4n) is 3.84. The van der Waals surface area contributed by atoms with Gasteiger partial charge in [0.15, 0.2) is 6.10 Å². The van der Waals surface area contributed by atoms with Crippen molar-refractivity contribution in [3.8, 4) is 5.75 Å². The second kappa shape index (κ2) is 8.58. The summed E-state index contributed by atoms with van der Waals surface area (Å²) < 4.78 is 32.3. The molecule has 0 bridgehead atoms. The molecule has 164 valence electrons. The molecule has 0 aromatic heterocycles. The molecule has 2 aromatic rings. The Hall–Kier alpha value is -3.07. The van der Waals surface area contributed by atoms with Gasteiger partial charge in [0.1, 0.15) is 5.75 Å². The molecule has 0 unspecified atom stereocenters. The summed E-state index contributed by atoms with van der Waals surface area (Å²) in [6.45, 7) is 2.82. The SMILES string of the molecule is CCS(=O)(=O)N1C[C@H](C(=O)Nc2ccccc2C(=O)N2CCCC2)Oc2ccccc21. The number of nitrogens with one attached hydrogen (secondary N) is 1. The second-order valence-corrected chi connectivity index (χ2v) is 9.72. The maximum absolute atomic E-state index is 13.1. The van der Waals surface area contributed by atoms with Crippen molar-refractivity contribution < 1.29 is 22.7 Å². The maximum Gasteiger partial charge on any atom is 0.267 e. The van der Waals surface area contributed by atoms with Crippen molar-refractivity contribution in [3.05, 3.63) is 54.1 Å². The second-order valence-electron chi connectivity index (χ2n) is 7.54. The molecular weight excluding hydrogens is 418 g/mol. The molecule has 1 atom stereocenters. The van der Waals surface area contributed by atoms with Gasteiger partial charge in [0.05, 0.1) is 29.2 Å². The van der Waals surface area contributed by atoms with Crippen molar-refractivity contribution in [3.63, 3.8) is 0 Å². The van der Waals surface area contributed by atoms with E-state index in [1.165, 1.54) is 4.31 Å². The molecule has 1 N–H and O–H groups in total. The van der Waals surface area contributed by atoms with Crippen molar-refractivity contribution in [2.45, 2.75) is 25.9 Å². The van der Waals surface area contributed by atoms with E-state index in [0.717, 1.165) is 12.8 Å². The number of rotatable bonds is 5. The Kier molecular flexibility index (Phi) is 5.86. The van der Waals surface area contributed by atoms with Crippen LogP contribution in [0.1, 0.15) is 30.1 Å². The standard InChI is InChI=1S/C22H25N3O5S/c1-2-31(28,29)25-15-20(30-19-12-6-5-11-18(19)25)21(26)23-17-10-4-3-9-16(17)22(27)24-13-7-8-14-24/h3-6,9-12,20H,2,7-8,13-15H2,1H3,(H,23,26)/t20-/m1/s1. The van der Waals surface area contributed by atoms with E-state index in [1.54, 1.807) is 60.4 Å². The summed E-state index contributed by atoms with van der Waals surface area (Å²) in [6.07, 6.45) is 0.889. The predicted molar refractivity (Wildman–Crippen MR) is 118 cm³/mol. The van der Waals surface area contributed by atoms with Gasteiger partial charge in [0, 0.05) is 13.1 Å². The van der Waals surface area contributed by atoms with Crippen LogP contribution >= 0.6 is 0 Å². The van der Waals surface area contributed by atoms with E-state index in [9.17, 15) is 18.0 Å². The van der Waals surface area contributed by atoms with Gasteiger partial charge in [-0.15, -0.1) is 0 Å². The highest BCUT2D eigenvalue weighted by molar-refractivity contribution is 7.92. The average molecular weight is 444 g/mol. The topological polar surface area (TPSA) is 96.0 Å². The van der Waals surface area contributed by atoms with Gasteiger partial charge in [-0.25, -0.2) is 8.42 Å². The lowest BCUT2D eigenvalue weighted by atomic mass is 10.1. The number of nitrogens with zero attached hydrogens (tertiary/aromatic N) is 2. The Morgan fingerprint density at radius 2 is 1.74 bits per heavy atom. The molecule has 2 aliphatic heterocycles. The lowest BCUT2D eigenvalue weighted by molar-refractivity contribution is -0.122. The quantitative estimate of drug-likeness (QED) is 0.766. The molecule has 0 saturated carbocycles. The van der Waals surface area contributed by atoms with E-state index in [-0.39, 0.29) is 18.2 Å². The zero-order chi connectivity index (χ0) is 22.0. The lowest BCUT2D eigenvalue weighted by Crippen LogP contribution is -2.49. The molecule has 9 heteroatoms. The van der Waals surface area contributed by atoms with Gasteiger partial charge in [-0.3, -0.25) is 13.9 Å². The zero-order valence-corrected chi connectivity index (χ0v) is 18.1. The third-order valence-electron chi connectivity index (χ3n) is 5.54.